The van der Waals surface area contributed by atoms with E-state index in [4.69, 9.17) is 21.7 Å². The molecular weight excluding hydrogens is 354 g/mol. The van der Waals surface area contributed by atoms with Crippen LogP contribution in [0, 0.1) is 0 Å². The maximum Gasteiger partial charge on any atom is 0.326 e. The van der Waals surface area contributed by atoms with Gasteiger partial charge in [0, 0.05) is 5.70 Å². The molecule has 0 aromatic rings. The van der Waals surface area contributed by atoms with Crippen molar-refractivity contribution < 1.29 is 29.7 Å². The van der Waals surface area contributed by atoms with Gasteiger partial charge in [-0.3, -0.25) is 9.59 Å². The van der Waals surface area contributed by atoms with Crippen molar-refractivity contribution in [1.82, 2.24) is 5.32 Å². The minimum absolute atomic E-state index is 0.297. The van der Waals surface area contributed by atoms with Crippen molar-refractivity contribution in [3.8, 4) is 0 Å². The molecule has 8 N–H and O–H groups in total. The van der Waals surface area contributed by atoms with Crippen molar-refractivity contribution in [2.75, 3.05) is 0 Å². The van der Waals surface area contributed by atoms with Gasteiger partial charge in [-0.05, 0) is 62.5 Å². The predicted molar refractivity (Wildman–Crippen MR) is 96.8 cm³/mol. The van der Waals surface area contributed by atoms with E-state index < -0.39 is 36.0 Å². The molecule has 0 radical (unpaired) electrons. The molecule has 1 aliphatic carbocycles. The summed E-state index contributed by atoms with van der Waals surface area (Å²) in [5, 5.41) is 30.3. The number of carboxylic acids is 3. The minimum Gasteiger partial charge on any atom is -0.480 e. The van der Waals surface area contributed by atoms with Crippen LogP contribution in [-0.2, 0) is 14.4 Å². The SMILES string of the molecule is NC(CCCC1=C(CCC(N)C(=O)O)CC2=C1NC(C(=O)O)CC2)C(=O)O. The molecule has 9 nitrogen and oxygen atoms in total. The largest absolute Gasteiger partial charge is 0.480 e. The van der Waals surface area contributed by atoms with Gasteiger partial charge in [0.1, 0.15) is 18.1 Å². The Morgan fingerprint density at radius 1 is 1.04 bits per heavy atom. The normalized spacial score (nSPS) is 21.5. The Hall–Kier alpha value is -2.39. The van der Waals surface area contributed by atoms with Crippen LogP contribution in [0.25, 0.3) is 0 Å². The lowest BCUT2D eigenvalue weighted by molar-refractivity contribution is -0.140. The fourth-order valence-electron chi connectivity index (χ4n) is 3.61. The molecule has 9 heteroatoms. The fraction of sp³-hybridized carbons (Fsp3) is 0.611. The van der Waals surface area contributed by atoms with Crippen LogP contribution in [0.1, 0.15) is 51.4 Å². The Kier molecular flexibility index (Phi) is 6.98. The number of aliphatic carboxylic acids is 3. The van der Waals surface area contributed by atoms with E-state index in [1.807, 2.05) is 0 Å². The smallest absolute Gasteiger partial charge is 0.326 e. The summed E-state index contributed by atoms with van der Waals surface area (Å²) in [5.41, 5.74) is 15.1. The second-order valence-corrected chi connectivity index (χ2v) is 7.13. The molecule has 27 heavy (non-hydrogen) atoms. The first-order valence-corrected chi connectivity index (χ1v) is 9.10. The molecule has 150 valence electrons. The zero-order valence-corrected chi connectivity index (χ0v) is 15.1. The van der Waals surface area contributed by atoms with Gasteiger partial charge in [0.2, 0.25) is 0 Å². The maximum atomic E-state index is 11.3. The van der Waals surface area contributed by atoms with Crippen LogP contribution in [0.5, 0.6) is 0 Å². The number of nitrogens with two attached hydrogens (primary N) is 2. The Labute approximate surface area is 157 Å². The summed E-state index contributed by atoms with van der Waals surface area (Å²) in [4.78, 5) is 33.2. The van der Waals surface area contributed by atoms with Crippen molar-refractivity contribution >= 4 is 17.9 Å². The van der Waals surface area contributed by atoms with Crippen LogP contribution in [0.2, 0.25) is 0 Å². The van der Waals surface area contributed by atoms with Crippen LogP contribution in [0.4, 0.5) is 0 Å². The highest BCUT2D eigenvalue weighted by atomic mass is 16.4. The van der Waals surface area contributed by atoms with Gasteiger partial charge in [-0.1, -0.05) is 5.57 Å². The van der Waals surface area contributed by atoms with Crippen molar-refractivity contribution in [3.05, 3.63) is 22.4 Å². The molecule has 1 heterocycles. The van der Waals surface area contributed by atoms with Crippen molar-refractivity contribution in [2.24, 2.45) is 11.5 Å². The molecule has 0 saturated carbocycles. The minimum atomic E-state index is -1.05. The average Bonchev–Trinajstić information content (AvgIpc) is 2.96. The second-order valence-electron chi connectivity index (χ2n) is 7.13. The summed E-state index contributed by atoms with van der Waals surface area (Å²) in [7, 11) is 0. The van der Waals surface area contributed by atoms with Gasteiger partial charge in [-0.2, -0.15) is 0 Å². The van der Waals surface area contributed by atoms with Crippen molar-refractivity contribution in [2.45, 2.75) is 69.5 Å². The average molecular weight is 381 g/mol. The number of nitrogens with one attached hydrogen (secondary N) is 1. The first-order chi connectivity index (χ1) is 12.7. The standard InChI is InChI=1S/C18H27N3O6/c19-12(16(22)23)3-1-2-11-9(4-6-13(20)17(24)25)8-10-5-7-14(18(26)27)21-15(10)11/h12-14,21H,1-8,19-20H2,(H,22,23)(H,24,25)(H,26,27). The molecule has 3 unspecified atom stereocenters. The summed E-state index contributed by atoms with van der Waals surface area (Å²) < 4.78 is 0. The molecule has 0 amide bonds. The lowest BCUT2D eigenvalue weighted by Crippen LogP contribution is -2.39. The monoisotopic (exact) mass is 381 g/mol. The summed E-state index contributed by atoms with van der Waals surface area (Å²) in [6.45, 7) is 0. The highest BCUT2D eigenvalue weighted by Crippen LogP contribution is 2.40. The summed E-state index contributed by atoms with van der Waals surface area (Å²) in [5.74, 6) is -3.01. The number of carboxylic acid groups (broad SMARTS) is 3. The second kappa shape index (κ2) is 9.01. The Bertz CT molecular complexity index is 685. The number of allylic oxidation sites excluding steroid dienone is 3. The summed E-state index contributed by atoms with van der Waals surface area (Å²) >= 11 is 0. The molecule has 2 rings (SSSR count). The molecule has 3 atom stereocenters. The zero-order chi connectivity index (χ0) is 20.1. The molecule has 1 aliphatic heterocycles. The van der Waals surface area contributed by atoms with E-state index in [1.54, 1.807) is 0 Å². The van der Waals surface area contributed by atoms with Crippen molar-refractivity contribution in [1.29, 1.82) is 0 Å². The van der Waals surface area contributed by atoms with Gasteiger partial charge >= 0.3 is 17.9 Å². The van der Waals surface area contributed by atoms with Crippen LogP contribution in [0.15, 0.2) is 22.4 Å². The first kappa shape index (κ1) is 20.9. The molecular formula is C18H27N3O6. The Morgan fingerprint density at radius 2 is 1.67 bits per heavy atom. The number of carbonyl (C=O) groups is 3. The Morgan fingerprint density at radius 3 is 2.26 bits per heavy atom. The molecule has 0 saturated heterocycles. The zero-order valence-electron chi connectivity index (χ0n) is 15.1. The van der Waals surface area contributed by atoms with Crippen LogP contribution < -0.4 is 16.8 Å². The molecule has 0 aromatic heterocycles. The third-order valence-corrected chi connectivity index (χ3v) is 5.19. The lowest BCUT2D eigenvalue weighted by atomic mass is 9.96. The van der Waals surface area contributed by atoms with Crippen LogP contribution >= 0.6 is 0 Å². The number of hydrogen-bond donors (Lipinski definition) is 6. The Balaban J connectivity index is 2.12. The van der Waals surface area contributed by atoms with E-state index in [-0.39, 0.29) is 0 Å². The third-order valence-electron chi connectivity index (χ3n) is 5.19. The fourth-order valence-corrected chi connectivity index (χ4v) is 3.61. The van der Waals surface area contributed by atoms with E-state index >= 15 is 0 Å². The first-order valence-electron chi connectivity index (χ1n) is 9.10. The van der Waals surface area contributed by atoms with E-state index in [0.29, 0.717) is 51.4 Å². The molecule has 0 spiro atoms. The van der Waals surface area contributed by atoms with Crippen LogP contribution in [0.3, 0.4) is 0 Å². The van der Waals surface area contributed by atoms with Crippen LogP contribution in [-0.4, -0.2) is 51.4 Å². The highest BCUT2D eigenvalue weighted by molar-refractivity contribution is 5.75. The third kappa shape index (κ3) is 5.30. The van der Waals surface area contributed by atoms with E-state index in [1.165, 1.54) is 0 Å². The number of hydrogen-bond acceptors (Lipinski definition) is 6. The van der Waals surface area contributed by atoms with Gasteiger partial charge in [0.05, 0.1) is 0 Å². The predicted octanol–water partition coefficient (Wildman–Crippen LogP) is 0.552. The summed E-state index contributed by atoms with van der Waals surface area (Å²) in [6, 6.07) is -2.53. The van der Waals surface area contributed by atoms with Gasteiger partial charge in [0.25, 0.3) is 0 Å². The van der Waals surface area contributed by atoms with Gasteiger partial charge < -0.3 is 32.1 Å². The maximum absolute atomic E-state index is 11.3. The molecule has 0 fully saturated rings. The molecule has 0 bridgehead atoms. The van der Waals surface area contributed by atoms with Crippen molar-refractivity contribution in [3.63, 3.8) is 0 Å². The van der Waals surface area contributed by atoms with E-state index in [2.05, 4.69) is 5.32 Å². The highest BCUT2D eigenvalue weighted by Gasteiger charge is 2.32. The quantitative estimate of drug-likeness (QED) is 0.315. The van der Waals surface area contributed by atoms with Gasteiger partial charge in [-0.15, -0.1) is 0 Å². The molecule has 2 aliphatic rings. The van der Waals surface area contributed by atoms with Gasteiger partial charge in [-0.25, -0.2) is 4.79 Å². The van der Waals surface area contributed by atoms with Gasteiger partial charge in [0.15, 0.2) is 0 Å². The number of rotatable bonds is 10. The van der Waals surface area contributed by atoms with E-state index in [9.17, 15) is 19.5 Å². The lowest BCUT2D eigenvalue weighted by Gasteiger charge is -2.25. The topological polar surface area (TPSA) is 176 Å². The molecule has 0 aromatic carbocycles. The summed E-state index contributed by atoms with van der Waals surface area (Å²) in [6.07, 6.45) is 4.10. The van der Waals surface area contributed by atoms with E-state index in [0.717, 1.165) is 22.4 Å².